The predicted molar refractivity (Wildman–Crippen MR) is 89.9 cm³/mol. The molecule has 3 aromatic heterocycles. The summed E-state index contributed by atoms with van der Waals surface area (Å²) in [5.41, 5.74) is 1.35. The molecule has 0 aliphatic rings. The van der Waals surface area contributed by atoms with Gasteiger partial charge in [-0.1, -0.05) is 0 Å². The largest absolute Gasteiger partial charge is 0.331 e. The van der Waals surface area contributed by atoms with Gasteiger partial charge < -0.3 is 14.0 Å². The van der Waals surface area contributed by atoms with E-state index in [4.69, 9.17) is 0 Å². The van der Waals surface area contributed by atoms with Crippen LogP contribution in [-0.2, 0) is 13.6 Å². The van der Waals surface area contributed by atoms with E-state index in [1.54, 1.807) is 6.20 Å². The molecule has 0 aliphatic carbocycles. The zero-order valence-corrected chi connectivity index (χ0v) is 14.2. The maximum absolute atomic E-state index is 4.50. The summed E-state index contributed by atoms with van der Waals surface area (Å²) in [4.78, 5) is 12.6. The lowest BCUT2D eigenvalue weighted by atomic mass is 10.1. The van der Waals surface area contributed by atoms with Crippen molar-refractivity contribution in [2.75, 3.05) is 14.1 Å². The van der Waals surface area contributed by atoms with Gasteiger partial charge in [-0.05, 0) is 38.0 Å². The molecular formula is C16H21N5S. The summed E-state index contributed by atoms with van der Waals surface area (Å²) in [6, 6.07) is 2.51. The number of rotatable bonds is 5. The summed E-state index contributed by atoms with van der Waals surface area (Å²) in [5.74, 6) is 1.80. The Bertz CT molecular complexity index is 752. The molecule has 6 heteroatoms. The summed E-state index contributed by atoms with van der Waals surface area (Å²) in [6.45, 7) is 3.03. The van der Waals surface area contributed by atoms with E-state index in [9.17, 15) is 0 Å². The van der Waals surface area contributed by atoms with Crippen molar-refractivity contribution in [1.82, 2.24) is 24.0 Å². The van der Waals surface area contributed by atoms with Crippen LogP contribution in [0.15, 0.2) is 36.2 Å². The van der Waals surface area contributed by atoms with E-state index in [0.717, 1.165) is 18.2 Å². The molecule has 5 nitrogen and oxygen atoms in total. The average molecular weight is 315 g/mol. The van der Waals surface area contributed by atoms with Gasteiger partial charge in [-0.25, -0.2) is 9.97 Å². The normalized spacial score (nSPS) is 13.0. The topological polar surface area (TPSA) is 38.9 Å². The molecule has 22 heavy (non-hydrogen) atoms. The highest BCUT2D eigenvalue weighted by Gasteiger charge is 2.20. The van der Waals surface area contributed by atoms with Crippen LogP contribution < -0.4 is 0 Å². The molecule has 0 radical (unpaired) electrons. The van der Waals surface area contributed by atoms with E-state index in [1.807, 2.05) is 41.5 Å². The highest BCUT2D eigenvalue weighted by molar-refractivity contribution is 7.10. The highest BCUT2D eigenvalue weighted by Crippen LogP contribution is 2.29. The van der Waals surface area contributed by atoms with Crippen LogP contribution in [0.5, 0.6) is 0 Å². The van der Waals surface area contributed by atoms with Crippen molar-refractivity contribution in [3.63, 3.8) is 0 Å². The van der Waals surface area contributed by atoms with Gasteiger partial charge in [-0.15, -0.1) is 11.3 Å². The van der Waals surface area contributed by atoms with Crippen molar-refractivity contribution in [2.24, 2.45) is 7.05 Å². The van der Waals surface area contributed by atoms with Crippen molar-refractivity contribution < 1.29 is 0 Å². The maximum atomic E-state index is 4.50. The van der Waals surface area contributed by atoms with Gasteiger partial charge in [0.2, 0.25) is 0 Å². The molecule has 3 rings (SSSR count). The fraction of sp³-hybridized carbons (Fsp3) is 0.375. The third kappa shape index (κ3) is 2.71. The fourth-order valence-electron chi connectivity index (χ4n) is 2.64. The van der Waals surface area contributed by atoms with Gasteiger partial charge in [0, 0.05) is 43.3 Å². The molecule has 0 saturated heterocycles. The number of nitrogens with zero attached hydrogens (tertiary/aromatic N) is 5. The number of aryl methyl sites for hydroxylation is 2. The number of thiophene rings is 1. The Morgan fingerprint density at radius 3 is 2.50 bits per heavy atom. The molecule has 0 saturated carbocycles. The molecule has 0 N–H and O–H groups in total. The van der Waals surface area contributed by atoms with Crippen molar-refractivity contribution in [3.8, 4) is 11.6 Å². The first-order chi connectivity index (χ1) is 10.6. The highest BCUT2D eigenvalue weighted by atomic mass is 32.1. The molecule has 0 aliphatic heterocycles. The van der Waals surface area contributed by atoms with Crippen LogP contribution in [0.25, 0.3) is 11.6 Å². The summed E-state index contributed by atoms with van der Waals surface area (Å²) >= 11 is 1.82. The minimum Gasteiger partial charge on any atom is -0.331 e. The number of likely N-dealkylation sites (N-methyl/N-ethyl adjacent to an activating group) is 1. The lowest BCUT2D eigenvalue weighted by Gasteiger charge is -2.25. The summed E-state index contributed by atoms with van der Waals surface area (Å²) in [7, 11) is 6.25. The Morgan fingerprint density at radius 2 is 1.91 bits per heavy atom. The van der Waals surface area contributed by atoms with Crippen molar-refractivity contribution in [2.45, 2.75) is 19.5 Å². The van der Waals surface area contributed by atoms with Gasteiger partial charge in [-0.3, -0.25) is 0 Å². The van der Waals surface area contributed by atoms with E-state index >= 15 is 0 Å². The Morgan fingerprint density at radius 1 is 1.18 bits per heavy atom. The zero-order chi connectivity index (χ0) is 15.7. The van der Waals surface area contributed by atoms with Crippen molar-refractivity contribution in [3.05, 3.63) is 46.7 Å². The molecule has 0 spiro atoms. The van der Waals surface area contributed by atoms with Gasteiger partial charge in [0.1, 0.15) is 0 Å². The summed E-state index contributed by atoms with van der Waals surface area (Å²) in [6.07, 6.45) is 7.63. The van der Waals surface area contributed by atoms with Gasteiger partial charge in [0.05, 0.1) is 6.04 Å². The van der Waals surface area contributed by atoms with Gasteiger partial charge in [0.25, 0.3) is 0 Å². The first-order valence-electron chi connectivity index (χ1n) is 7.27. The van der Waals surface area contributed by atoms with Crippen LogP contribution in [0, 0.1) is 6.92 Å². The Kier molecular flexibility index (Phi) is 4.13. The molecule has 0 unspecified atom stereocenters. The van der Waals surface area contributed by atoms with E-state index in [-0.39, 0.29) is 0 Å². The van der Waals surface area contributed by atoms with Crippen LogP contribution in [0.4, 0.5) is 0 Å². The Labute approximate surface area is 134 Å². The van der Waals surface area contributed by atoms with Gasteiger partial charge in [-0.2, -0.15) is 0 Å². The second-order valence-electron chi connectivity index (χ2n) is 5.71. The second-order valence-corrected chi connectivity index (χ2v) is 6.66. The Hall–Kier alpha value is -1.92. The number of aromatic nitrogens is 4. The third-order valence-corrected chi connectivity index (χ3v) is 5.05. The minimum absolute atomic E-state index is 0.327. The third-order valence-electron chi connectivity index (χ3n) is 3.93. The second kappa shape index (κ2) is 6.06. The van der Waals surface area contributed by atoms with Crippen molar-refractivity contribution >= 4 is 11.3 Å². The molecule has 0 bridgehead atoms. The van der Waals surface area contributed by atoms with E-state index < -0.39 is 0 Å². The molecular weight excluding hydrogens is 294 g/mol. The van der Waals surface area contributed by atoms with E-state index in [2.05, 4.69) is 51.9 Å². The summed E-state index contributed by atoms with van der Waals surface area (Å²) < 4.78 is 4.19. The predicted octanol–water partition coefficient (Wildman–Crippen LogP) is 2.96. The molecule has 3 aromatic rings. The summed E-state index contributed by atoms with van der Waals surface area (Å²) in [5, 5.41) is 2.16. The SMILES string of the molecule is Cc1ccsc1[C@H](Cn1ccnc1-c1nccn1C)N(C)C. The standard InChI is InChI=1S/C16H21N5S/c1-12-5-10-22-14(12)13(19(2)3)11-21-9-7-18-16(21)15-17-6-8-20(15)4/h5-10,13H,11H2,1-4H3/t13-/m0/s1. The van der Waals surface area contributed by atoms with Crippen LogP contribution in [0.3, 0.4) is 0 Å². The average Bonchev–Trinajstić information content (AvgIpc) is 3.17. The fourth-order valence-corrected chi connectivity index (χ4v) is 3.75. The monoisotopic (exact) mass is 315 g/mol. The van der Waals surface area contributed by atoms with Crippen LogP contribution >= 0.6 is 11.3 Å². The molecule has 3 heterocycles. The first-order valence-corrected chi connectivity index (χ1v) is 8.15. The molecule has 116 valence electrons. The van der Waals surface area contributed by atoms with Crippen LogP contribution in [-0.4, -0.2) is 38.1 Å². The number of imidazole rings is 2. The number of hydrogen-bond donors (Lipinski definition) is 0. The minimum atomic E-state index is 0.327. The quantitative estimate of drug-likeness (QED) is 0.726. The first kappa shape index (κ1) is 15.0. The number of hydrogen-bond acceptors (Lipinski definition) is 4. The molecule has 0 amide bonds. The molecule has 0 fully saturated rings. The van der Waals surface area contributed by atoms with Gasteiger partial charge in [0.15, 0.2) is 11.6 Å². The van der Waals surface area contributed by atoms with Crippen LogP contribution in [0.2, 0.25) is 0 Å². The van der Waals surface area contributed by atoms with Crippen LogP contribution in [0.1, 0.15) is 16.5 Å². The lowest BCUT2D eigenvalue weighted by molar-refractivity contribution is 0.273. The van der Waals surface area contributed by atoms with E-state index in [1.165, 1.54) is 10.4 Å². The molecule has 0 aromatic carbocycles. The maximum Gasteiger partial charge on any atom is 0.176 e. The smallest absolute Gasteiger partial charge is 0.176 e. The molecule has 1 atom stereocenters. The lowest BCUT2D eigenvalue weighted by Crippen LogP contribution is -2.24. The Balaban J connectivity index is 1.94. The van der Waals surface area contributed by atoms with Crippen molar-refractivity contribution in [1.29, 1.82) is 0 Å². The van der Waals surface area contributed by atoms with E-state index in [0.29, 0.717) is 6.04 Å². The zero-order valence-electron chi connectivity index (χ0n) is 13.4. The van der Waals surface area contributed by atoms with Gasteiger partial charge >= 0.3 is 0 Å².